The molecule has 2 aromatic rings. The summed E-state index contributed by atoms with van der Waals surface area (Å²) in [5, 5.41) is 5.52. The van der Waals surface area contributed by atoms with Crippen LogP contribution in [-0.2, 0) is 4.79 Å². The molecule has 0 saturated heterocycles. The van der Waals surface area contributed by atoms with E-state index in [1.807, 2.05) is 20.8 Å². The summed E-state index contributed by atoms with van der Waals surface area (Å²) in [6.07, 6.45) is 1.58. The second-order valence-electron chi connectivity index (χ2n) is 6.07. The fraction of sp³-hybridized carbons (Fsp3) is 0.400. The normalized spacial score (nSPS) is 13.0. The molecular formula is C15H20N4O2. The Hall–Kier alpha value is -2.37. The maximum atomic E-state index is 12.2. The minimum Gasteiger partial charge on any atom is -0.350 e. The fourth-order valence-corrected chi connectivity index (χ4v) is 1.90. The van der Waals surface area contributed by atoms with E-state index in [2.05, 4.69) is 20.6 Å². The lowest BCUT2D eigenvalue weighted by atomic mass is 10.1. The second-order valence-corrected chi connectivity index (χ2v) is 6.07. The summed E-state index contributed by atoms with van der Waals surface area (Å²) in [6, 6.07) is 4.56. The number of fused-ring (bicyclic) bond motifs is 1. The zero-order valence-corrected chi connectivity index (χ0v) is 12.7. The number of rotatable bonds is 3. The van der Waals surface area contributed by atoms with Gasteiger partial charge in [-0.1, -0.05) is 0 Å². The molecule has 112 valence electrons. The first-order valence-electron chi connectivity index (χ1n) is 6.82. The Bertz CT molecular complexity index is 670. The molecule has 0 radical (unpaired) electrons. The van der Waals surface area contributed by atoms with Crippen molar-refractivity contribution in [3.63, 3.8) is 0 Å². The van der Waals surface area contributed by atoms with Gasteiger partial charge in [-0.25, -0.2) is 4.98 Å². The maximum absolute atomic E-state index is 12.2. The summed E-state index contributed by atoms with van der Waals surface area (Å²) in [6.45, 7) is 7.34. The highest BCUT2D eigenvalue weighted by Gasteiger charge is 2.21. The van der Waals surface area contributed by atoms with Gasteiger partial charge in [0.25, 0.3) is 5.91 Å². The van der Waals surface area contributed by atoms with Crippen LogP contribution in [-0.4, -0.2) is 33.4 Å². The van der Waals surface area contributed by atoms with Gasteiger partial charge in [-0.3, -0.25) is 9.59 Å². The van der Waals surface area contributed by atoms with E-state index >= 15 is 0 Å². The van der Waals surface area contributed by atoms with Gasteiger partial charge < -0.3 is 15.6 Å². The summed E-state index contributed by atoms with van der Waals surface area (Å²) >= 11 is 0. The highest BCUT2D eigenvalue weighted by Crippen LogP contribution is 2.11. The largest absolute Gasteiger partial charge is 0.350 e. The molecule has 2 amide bonds. The Kier molecular flexibility index (Phi) is 3.97. The van der Waals surface area contributed by atoms with Crippen molar-refractivity contribution in [1.29, 1.82) is 0 Å². The van der Waals surface area contributed by atoms with E-state index in [0.29, 0.717) is 5.56 Å². The first kappa shape index (κ1) is 15.0. The van der Waals surface area contributed by atoms with E-state index in [0.717, 1.165) is 11.0 Å². The van der Waals surface area contributed by atoms with Gasteiger partial charge in [0.1, 0.15) is 6.04 Å². The number of nitrogens with one attached hydrogen (secondary N) is 3. The van der Waals surface area contributed by atoms with Crippen LogP contribution in [0.15, 0.2) is 24.5 Å². The topological polar surface area (TPSA) is 86.9 Å². The molecule has 1 aromatic carbocycles. The molecule has 0 aliphatic rings. The molecule has 0 fully saturated rings. The Morgan fingerprint density at radius 3 is 2.67 bits per heavy atom. The molecule has 6 heteroatoms. The van der Waals surface area contributed by atoms with Crippen LogP contribution in [0.25, 0.3) is 11.0 Å². The SMILES string of the molecule is CC(NC(=O)c1ccc2nc[nH]c2c1)C(=O)NC(C)(C)C. The number of imidazole rings is 1. The van der Waals surface area contributed by atoms with Gasteiger partial charge in [-0.15, -0.1) is 0 Å². The molecule has 21 heavy (non-hydrogen) atoms. The second kappa shape index (κ2) is 5.55. The molecule has 0 bridgehead atoms. The lowest BCUT2D eigenvalue weighted by molar-refractivity contribution is -0.124. The summed E-state index contributed by atoms with van der Waals surface area (Å²) < 4.78 is 0. The lowest BCUT2D eigenvalue weighted by Gasteiger charge is -2.23. The van der Waals surface area contributed by atoms with Crippen LogP contribution in [0.4, 0.5) is 0 Å². The summed E-state index contributed by atoms with van der Waals surface area (Å²) in [5.41, 5.74) is 1.74. The van der Waals surface area contributed by atoms with Crippen molar-refractivity contribution in [2.45, 2.75) is 39.3 Å². The lowest BCUT2D eigenvalue weighted by Crippen LogP contribution is -2.50. The molecule has 0 aliphatic carbocycles. The number of carbonyl (C=O) groups is 2. The number of amides is 2. The molecule has 6 nitrogen and oxygen atoms in total. The number of nitrogens with zero attached hydrogens (tertiary/aromatic N) is 1. The van der Waals surface area contributed by atoms with Crippen LogP contribution < -0.4 is 10.6 Å². The average Bonchev–Trinajstić information content (AvgIpc) is 2.83. The number of aromatic nitrogens is 2. The molecule has 2 rings (SSSR count). The highest BCUT2D eigenvalue weighted by atomic mass is 16.2. The van der Waals surface area contributed by atoms with Gasteiger partial charge in [-0.05, 0) is 45.9 Å². The number of carbonyl (C=O) groups excluding carboxylic acids is 2. The maximum Gasteiger partial charge on any atom is 0.251 e. The van der Waals surface area contributed by atoms with Crippen molar-refractivity contribution >= 4 is 22.8 Å². The van der Waals surface area contributed by atoms with Crippen LogP contribution in [0.3, 0.4) is 0 Å². The standard InChI is InChI=1S/C15H20N4O2/c1-9(13(20)19-15(2,3)4)18-14(21)10-5-6-11-12(7-10)17-8-16-11/h5-9H,1-4H3,(H,16,17)(H,18,21)(H,19,20). The third kappa shape index (κ3) is 3.81. The molecule has 1 heterocycles. The summed E-state index contributed by atoms with van der Waals surface area (Å²) in [7, 11) is 0. The van der Waals surface area contributed by atoms with E-state index in [1.54, 1.807) is 31.5 Å². The number of aromatic amines is 1. The van der Waals surface area contributed by atoms with E-state index in [1.165, 1.54) is 0 Å². The average molecular weight is 288 g/mol. The van der Waals surface area contributed by atoms with E-state index in [9.17, 15) is 9.59 Å². The zero-order chi connectivity index (χ0) is 15.6. The molecule has 0 spiro atoms. The van der Waals surface area contributed by atoms with Gasteiger partial charge >= 0.3 is 0 Å². The molecule has 1 atom stereocenters. The number of H-pyrrole nitrogens is 1. The number of benzene rings is 1. The third-order valence-corrected chi connectivity index (χ3v) is 2.92. The van der Waals surface area contributed by atoms with Gasteiger partial charge in [0.15, 0.2) is 0 Å². The van der Waals surface area contributed by atoms with Crippen molar-refractivity contribution in [2.24, 2.45) is 0 Å². The predicted molar refractivity (Wildman–Crippen MR) is 80.9 cm³/mol. The Morgan fingerprint density at radius 2 is 2.00 bits per heavy atom. The number of hydrogen-bond donors (Lipinski definition) is 3. The van der Waals surface area contributed by atoms with Gasteiger partial charge in [0.05, 0.1) is 17.4 Å². The van der Waals surface area contributed by atoms with Crippen molar-refractivity contribution in [2.75, 3.05) is 0 Å². The summed E-state index contributed by atoms with van der Waals surface area (Å²) in [4.78, 5) is 31.2. The van der Waals surface area contributed by atoms with Crippen LogP contribution in [0.5, 0.6) is 0 Å². The minimum atomic E-state index is -0.603. The van der Waals surface area contributed by atoms with Crippen LogP contribution in [0.1, 0.15) is 38.1 Å². The van der Waals surface area contributed by atoms with Crippen molar-refractivity contribution < 1.29 is 9.59 Å². The third-order valence-electron chi connectivity index (χ3n) is 2.92. The van der Waals surface area contributed by atoms with E-state index < -0.39 is 6.04 Å². The molecule has 3 N–H and O–H groups in total. The van der Waals surface area contributed by atoms with Crippen molar-refractivity contribution in [3.8, 4) is 0 Å². The fourth-order valence-electron chi connectivity index (χ4n) is 1.90. The first-order chi connectivity index (χ1) is 9.76. The van der Waals surface area contributed by atoms with Gasteiger partial charge in [0, 0.05) is 11.1 Å². The minimum absolute atomic E-state index is 0.210. The first-order valence-corrected chi connectivity index (χ1v) is 6.82. The van der Waals surface area contributed by atoms with E-state index in [4.69, 9.17) is 0 Å². The molecule has 1 unspecified atom stereocenters. The van der Waals surface area contributed by atoms with Crippen LogP contribution in [0.2, 0.25) is 0 Å². The zero-order valence-electron chi connectivity index (χ0n) is 12.7. The van der Waals surface area contributed by atoms with Crippen molar-refractivity contribution in [1.82, 2.24) is 20.6 Å². The molecule has 1 aromatic heterocycles. The Labute approximate surface area is 123 Å². The Morgan fingerprint density at radius 1 is 1.29 bits per heavy atom. The van der Waals surface area contributed by atoms with E-state index in [-0.39, 0.29) is 17.4 Å². The molecular weight excluding hydrogens is 268 g/mol. The van der Waals surface area contributed by atoms with Gasteiger partial charge in [0.2, 0.25) is 5.91 Å². The Balaban J connectivity index is 2.04. The van der Waals surface area contributed by atoms with Crippen molar-refractivity contribution in [3.05, 3.63) is 30.1 Å². The molecule has 0 aliphatic heterocycles. The smallest absolute Gasteiger partial charge is 0.251 e. The van der Waals surface area contributed by atoms with Crippen LogP contribution in [0, 0.1) is 0 Å². The highest BCUT2D eigenvalue weighted by molar-refractivity contribution is 5.99. The number of hydrogen-bond acceptors (Lipinski definition) is 3. The summed E-state index contributed by atoms with van der Waals surface area (Å²) in [5.74, 6) is -0.499. The monoisotopic (exact) mass is 288 g/mol. The van der Waals surface area contributed by atoms with Gasteiger partial charge in [-0.2, -0.15) is 0 Å². The quantitative estimate of drug-likeness (QED) is 0.801. The molecule has 0 saturated carbocycles. The van der Waals surface area contributed by atoms with Crippen LogP contribution >= 0.6 is 0 Å². The predicted octanol–water partition coefficient (Wildman–Crippen LogP) is 1.60.